The molecule has 1 atom stereocenters. The van der Waals surface area contributed by atoms with E-state index >= 15 is 0 Å². The van der Waals surface area contributed by atoms with Gasteiger partial charge in [-0.05, 0) is 18.3 Å². The number of likely N-dealkylation sites (tertiary alicyclic amines) is 1. The number of nitrogens with zero attached hydrogens (tertiary/aromatic N) is 1. The summed E-state index contributed by atoms with van der Waals surface area (Å²) in [5, 5.41) is 8.97. The van der Waals surface area contributed by atoms with Crippen molar-refractivity contribution in [3.05, 3.63) is 0 Å². The molecule has 0 aromatic heterocycles. The molecular weight excluding hydrogens is 220 g/mol. The molecule has 1 saturated heterocycles. The van der Waals surface area contributed by atoms with Gasteiger partial charge in [0.15, 0.2) is 0 Å². The maximum absolute atomic E-state index is 11.9. The summed E-state index contributed by atoms with van der Waals surface area (Å²) in [5.74, 6) is -1.02. The van der Waals surface area contributed by atoms with Gasteiger partial charge in [-0.2, -0.15) is 0 Å². The zero-order valence-corrected chi connectivity index (χ0v) is 10.8. The summed E-state index contributed by atoms with van der Waals surface area (Å²) in [6.45, 7) is 6.81. The van der Waals surface area contributed by atoms with Crippen LogP contribution in [0.4, 0.5) is 0 Å². The van der Waals surface area contributed by atoms with Crippen LogP contribution in [-0.2, 0) is 9.59 Å². The van der Waals surface area contributed by atoms with Crippen LogP contribution in [0.5, 0.6) is 0 Å². The third-order valence-corrected chi connectivity index (χ3v) is 3.17. The second kappa shape index (κ2) is 4.64. The van der Waals surface area contributed by atoms with Crippen LogP contribution in [0.1, 0.15) is 40.0 Å². The van der Waals surface area contributed by atoms with Gasteiger partial charge in [0, 0.05) is 19.5 Å². The van der Waals surface area contributed by atoms with Gasteiger partial charge in [0.05, 0.1) is 0 Å². The minimum absolute atomic E-state index is 0.00787. The van der Waals surface area contributed by atoms with Crippen molar-refractivity contribution in [3.8, 4) is 0 Å². The van der Waals surface area contributed by atoms with Gasteiger partial charge in [0.1, 0.15) is 5.54 Å². The highest BCUT2D eigenvalue weighted by atomic mass is 16.4. The predicted octanol–water partition coefficient (Wildman–Crippen LogP) is 0.827. The maximum Gasteiger partial charge on any atom is 0.325 e. The number of rotatable bonds is 3. The molecule has 0 spiro atoms. The van der Waals surface area contributed by atoms with Crippen molar-refractivity contribution in [3.63, 3.8) is 0 Å². The van der Waals surface area contributed by atoms with Gasteiger partial charge in [-0.15, -0.1) is 0 Å². The molecule has 0 saturated carbocycles. The number of hydrogen-bond acceptors (Lipinski definition) is 3. The van der Waals surface area contributed by atoms with E-state index in [1.54, 1.807) is 4.90 Å². The van der Waals surface area contributed by atoms with E-state index in [9.17, 15) is 9.59 Å². The zero-order valence-electron chi connectivity index (χ0n) is 10.8. The lowest BCUT2D eigenvalue weighted by atomic mass is 9.90. The summed E-state index contributed by atoms with van der Waals surface area (Å²) in [6, 6.07) is 0. The Kier molecular flexibility index (Phi) is 3.81. The normalized spacial score (nSPS) is 25.1. The summed E-state index contributed by atoms with van der Waals surface area (Å²) in [5.41, 5.74) is 4.58. The van der Waals surface area contributed by atoms with Crippen LogP contribution in [0.2, 0.25) is 0 Å². The fourth-order valence-electron chi connectivity index (χ4n) is 1.86. The Morgan fingerprint density at radius 3 is 2.41 bits per heavy atom. The monoisotopic (exact) mass is 242 g/mol. The first-order valence-electron chi connectivity index (χ1n) is 5.94. The Hall–Kier alpha value is -1.10. The Balaban J connectivity index is 2.49. The molecule has 17 heavy (non-hydrogen) atoms. The molecule has 0 aromatic rings. The van der Waals surface area contributed by atoms with Crippen LogP contribution in [0.3, 0.4) is 0 Å². The van der Waals surface area contributed by atoms with Crippen LogP contribution in [0, 0.1) is 5.41 Å². The number of carboxylic acids is 1. The Bertz CT molecular complexity index is 322. The van der Waals surface area contributed by atoms with Crippen molar-refractivity contribution in [2.75, 3.05) is 13.1 Å². The van der Waals surface area contributed by atoms with Gasteiger partial charge in [0.25, 0.3) is 0 Å². The molecule has 1 rings (SSSR count). The maximum atomic E-state index is 11.9. The van der Waals surface area contributed by atoms with Crippen molar-refractivity contribution in [2.45, 2.75) is 45.6 Å². The predicted molar refractivity (Wildman–Crippen MR) is 64.4 cm³/mol. The summed E-state index contributed by atoms with van der Waals surface area (Å²) >= 11 is 0. The number of carbonyl (C=O) groups excluding carboxylic acids is 1. The van der Waals surface area contributed by atoms with Crippen molar-refractivity contribution in [1.29, 1.82) is 0 Å². The molecule has 98 valence electrons. The van der Waals surface area contributed by atoms with Crippen LogP contribution >= 0.6 is 0 Å². The number of aliphatic carboxylic acids is 1. The first kappa shape index (κ1) is 14.0. The van der Waals surface area contributed by atoms with E-state index in [1.165, 1.54) is 0 Å². The lowest BCUT2D eigenvalue weighted by Crippen LogP contribution is -2.50. The minimum Gasteiger partial charge on any atom is -0.480 e. The van der Waals surface area contributed by atoms with E-state index in [0.29, 0.717) is 19.4 Å². The molecule has 3 N–H and O–H groups in total. The highest BCUT2D eigenvalue weighted by molar-refractivity contribution is 5.83. The molecular formula is C12H22N2O3. The Labute approximate surface area is 102 Å². The van der Waals surface area contributed by atoms with E-state index < -0.39 is 11.5 Å². The summed E-state index contributed by atoms with van der Waals surface area (Å²) in [4.78, 5) is 24.4. The number of nitrogens with two attached hydrogens (primary N) is 1. The third-order valence-electron chi connectivity index (χ3n) is 3.17. The van der Waals surface area contributed by atoms with Crippen LogP contribution in [-0.4, -0.2) is 40.5 Å². The lowest BCUT2D eigenvalue weighted by Gasteiger charge is -2.22. The summed E-state index contributed by atoms with van der Waals surface area (Å²) in [6.07, 6.45) is 1.59. The quantitative estimate of drug-likeness (QED) is 0.767. The van der Waals surface area contributed by atoms with E-state index in [4.69, 9.17) is 10.8 Å². The highest BCUT2D eigenvalue weighted by Gasteiger charge is 2.42. The molecule has 5 heteroatoms. The van der Waals surface area contributed by atoms with Crippen LogP contribution in [0.25, 0.3) is 0 Å². The molecule has 1 fully saturated rings. The average Bonchev–Trinajstić information content (AvgIpc) is 2.58. The van der Waals surface area contributed by atoms with Gasteiger partial charge < -0.3 is 15.7 Å². The van der Waals surface area contributed by atoms with Crippen molar-refractivity contribution >= 4 is 11.9 Å². The molecule has 0 bridgehead atoms. The van der Waals surface area contributed by atoms with Crippen molar-refractivity contribution in [1.82, 2.24) is 4.90 Å². The van der Waals surface area contributed by atoms with Gasteiger partial charge >= 0.3 is 5.97 Å². The molecule has 0 aliphatic carbocycles. The summed E-state index contributed by atoms with van der Waals surface area (Å²) in [7, 11) is 0. The fourth-order valence-corrected chi connectivity index (χ4v) is 1.86. The number of carbonyl (C=O) groups is 2. The van der Waals surface area contributed by atoms with Gasteiger partial charge in [-0.25, -0.2) is 0 Å². The van der Waals surface area contributed by atoms with Crippen LogP contribution in [0.15, 0.2) is 0 Å². The van der Waals surface area contributed by atoms with E-state index in [0.717, 1.165) is 6.42 Å². The molecule has 0 radical (unpaired) electrons. The topological polar surface area (TPSA) is 83.6 Å². The number of hydrogen-bond donors (Lipinski definition) is 2. The van der Waals surface area contributed by atoms with Crippen LogP contribution < -0.4 is 5.73 Å². The van der Waals surface area contributed by atoms with Crippen molar-refractivity contribution < 1.29 is 14.7 Å². The standard InChI is InChI=1S/C12H22N2O3/c1-11(2,3)5-4-9(15)14-7-6-12(13,8-14)10(16)17/h4-8,13H2,1-3H3,(H,16,17). The lowest BCUT2D eigenvalue weighted by molar-refractivity contribution is -0.143. The molecule has 5 nitrogen and oxygen atoms in total. The van der Waals surface area contributed by atoms with E-state index in [-0.39, 0.29) is 17.9 Å². The minimum atomic E-state index is -1.25. The van der Waals surface area contributed by atoms with E-state index in [1.807, 2.05) is 0 Å². The zero-order chi connectivity index (χ0) is 13.3. The molecule has 1 aliphatic heterocycles. The van der Waals surface area contributed by atoms with Gasteiger partial charge in [0.2, 0.25) is 5.91 Å². The largest absolute Gasteiger partial charge is 0.480 e. The van der Waals surface area contributed by atoms with E-state index in [2.05, 4.69) is 20.8 Å². The Morgan fingerprint density at radius 2 is 2.00 bits per heavy atom. The first-order chi connectivity index (χ1) is 7.64. The summed E-state index contributed by atoms with van der Waals surface area (Å²) < 4.78 is 0. The number of amides is 1. The number of carboxylic acid groups (broad SMARTS) is 1. The Morgan fingerprint density at radius 1 is 1.41 bits per heavy atom. The molecule has 1 aliphatic rings. The molecule has 1 unspecified atom stereocenters. The SMILES string of the molecule is CC(C)(C)CCC(=O)N1CCC(N)(C(=O)O)C1. The van der Waals surface area contributed by atoms with Gasteiger partial charge in [-0.1, -0.05) is 20.8 Å². The third kappa shape index (κ3) is 3.70. The molecule has 1 amide bonds. The van der Waals surface area contributed by atoms with Gasteiger partial charge in [-0.3, -0.25) is 9.59 Å². The molecule has 0 aromatic carbocycles. The molecule has 1 heterocycles. The smallest absolute Gasteiger partial charge is 0.325 e. The second-order valence-electron chi connectivity index (χ2n) is 6.09. The highest BCUT2D eigenvalue weighted by Crippen LogP contribution is 2.24. The first-order valence-corrected chi connectivity index (χ1v) is 5.94. The fraction of sp³-hybridized carbons (Fsp3) is 0.833. The second-order valence-corrected chi connectivity index (χ2v) is 6.09. The average molecular weight is 242 g/mol. The van der Waals surface area contributed by atoms with Crippen molar-refractivity contribution in [2.24, 2.45) is 11.1 Å².